The number of rotatable bonds is 7. The van der Waals surface area contributed by atoms with Crippen molar-refractivity contribution in [1.29, 1.82) is 0 Å². The Kier molecular flexibility index (Phi) is 5.59. The fraction of sp³-hybridized carbons (Fsp3) is 0.733. The number of carbonyl (C=O) groups excluding carboxylic acids is 1. The molecule has 20 heavy (non-hydrogen) atoms. The number of likely N-dealkylation sites (N-methyl/N-ethyl adjacent to an activating group) is 1. The van der Waals surface area contributed by atoms with E-state index in [1.54, 1.807) is 0 Å². The quantitative estimate of drug-likeness (QED) is 0.830. The summed E-state index contributed by atoms with van der Waals surface area (Å²) in [4.78, 5) is 14.3. The summed E-state index contributed by atoms with van der Waals surface area (Å²) in [5.74, 6) is -0.0612. The maximum atomic E-state index is 12.0. The molecule has 1 aliphatic carbocycles. The second-order valence-electron chi connectivity index (χ2n) is 5.40. The van der Waals surface area contributed by atoms with E-state index in [1.165, 1.54) is 25.7 Å². The number of nitrogens with zero attached hydrogens (tertiary/aromatic N) is 3. The molecule has 1 saturated carbocycles. The highest BCUT2D eigenvalue weighted by atomic mass is 16.1. The summed E-state index contributed by atoms with van der Waals surface area (Å²) in [6.07, 6.45) is 6.86. The lowest BCUT2D eigenvalue weighted by Crippen LogP contribution is -2.35. The fourth-order valence-electron chi connectivity index (χ4n) is 2.79. The highest BCUT2D eigenvalue weighted by molar-refractivity contribution is 5.92. The highest BCUT2D eigenvalue weighted by Crippen LogP contribution is 2.28. The Hall–Kier alpha value is -1.36. The van der Waals surface area contributed by atoms with Gasteiger partial charge in [0.05, 0.1) is 6.04 Å². The molecule has 1 aliphatic rings. The van der Waals surface area contributed by atoms with Gasteiger partial charge >= 0.3 is 0 Å². The summed E-state index contributed by atoms with van der Waals surface area (Å²) < 4.78 is 1.96. The summed E-state index contributed by atoms with van der Waals surface area (Å²) >= 11 is 0. The van der Waals surface area contributed by atoms with Gasteiger partial charge in [0, 0.05) is 19.3 Å². The Morgan fingerprint density at radius 1 is 1.40 bits per heavy atom. The molecule has 0 unspecified atom stereocenters. The Labute approximate surface area is 121 Å². The summed E-state index contributed by atoms with van der Waals surface area (Å²) in [5.41, 5.74) is 0.538. The first kappa shape index (κ1) is 15.0. The second kappa shape index (κ2) is 7.43. The minimum Gasteiger partial charge on any atom is -0.349 e. The van der Waals surface area contributed by atoms with E-state index in [0.29, 0.717) is 18.3 Å². The summed E-state index contributed by atoms with van der Waals surface area (Å²) in [5, 5.41) is 7.37. The first-order valence-electron chi connectivity index (χ1n) is 7.80. The minimum atomic E-state index is -0.0612. The average molecular weight is 278 g/mol. The molecular weight excluding hydrogens is 252 g/mol. The third-order valence-electron chi connectivity index (χ3n) is 4.15. The van der Waals surface area contributed by atoms with Crippen LogP contribution in [0.3, 0.4) is 0 Å². The van der Waals surface area contributed by atoms with Gasteiger partial charge < -0.3 is 10.2 Å². The number of carbonyl (C=O) groups is 1. The number of aromatic nitrogens is 2. The topological polar surface area (TPSA) is 50.2 Å². The van der Waals surface area contributed by atoms with Crippen molar-refractivity contribution in [2.45, 2.75) is 45.6 Å². The SMILES string of the molecule is CCN(CC)CCNC(=O)c1ccn(C2CCCC2)n1. The van der Waals surface area contributed by atoms with Crippen molar-refractivity contribution in [3.63, 3.8) is 0 Å². The molecule has 5 heteroatoms. The highest BCUT2D eigenvalue weighted by Gasteiger charge is 2.19. The van der Waals surface area contributed by atoms with Crippen LogP contribution in [0.5, 0.6) is 0 Å². The molecular formula is C15H26N4O. The van der Waals surface area contributed by atoms with Crippen LogP contribution in [0.2, 0.25) is 0 Å². The third kappa shape index (κ3) is 3.82. The van der Waals surface area contributed by atoms with Crippen molar-refractivity contribution in [3.05, 3.63) is 18.0 Å². The van der Waals surface area contributed by atoms with E-state index in [9.17, 15) is 4.79 Å². The van der Waals surface area contributed by atoms with Gasteiger partial charge in [-0.3, -0.25) is 9.48 Å². The second-order valence-corrected chi connectivity index (χ2v) is 5.40. The van der Waals surface area contributed by atoms with Crippen LogP contribution >= 0.6 is 0 Å². The third-order valence-corrected chi connectivity index (χ3v) is 4.15. The van der Waals surface area contributed by atoms with E-state index in [-0.39, 0.29) is 5.91 Å². The Morgan fingerprint density at radius 3 is 2.75 bits per heavy atom. The van der Waals surface area contributed by atoms with Crippen LogP contribution in [0, 0.1) is 0 Å². The van der Waals surface area contributed by atoms with Crippen molar-refractivity contribution < 1.29 is 4.79 Å². The first-order valence-corrected chi connectivity index (χ1v) is 7.80. The van der Waals surface area contributed by atoms with E-state index >= 15 is 0 Å². The van der Waals surface area contributed by atoms with Gasteiger partial charge in [-0.25, -0.2) is 0 Å². The standard InChI is InChI=1S/C15H26N4O/c1-3-18(4-2)12-10-16-15(20)14-9-11-19(17-14)13-7-5-6-8-13/h9,11,13H,3-8,10,12H2,1-2H3,(H,16,20). The maximum Gasteiger partial charge on any atom is 0.271 e. The molecule has 1 N–H and O–H groups in total. The molecule has 112 valence electrons. The van der Waals surface area contributed by atoms with E-state index in [4.69, 9.17) is 0 Å². The molecule has 1 aromatic rings. The molecule has 1 aromatic heterocycles. The van der Waals surface area contributed by atoms with Gasteiger partial charge in [0.2, 0.25) is 0 Å². The zero-order chi connectivity index (χ0) is 14.4. The molecule has 0 saturated heterocycles. The molecule has 1 amide bonds. The molecule has 5 nitrogen and oxygen atoms in total. The Bertz CT molecular complexity index is 419. The van der Waals surface area contributed by atoms with Gasteiger partial charge in [0.15, 0.2) is 0 Å². The number of nitrogens with one attached hydrogen (secondary N) is 1. The van der Waals surface area contributed by atoms with Crippen molar-refractivity contribution >= 4 is 5.91 Å². The maximum absolute atomic E-state index is 12.0. The largest absolute Gasteiger partial charge is 0.349 e. The molecule has 2 rings (SSSR count). The molecule has 0 spiro atoms. The van der Waals surface area contributed by atoms with E-state index in [1.807, 2.05) is 16.9 Å². The number of amides is 1. The van der Waals surface area contributed by atoms with Gasteiger partial charge in [-0.2, -0.15) is 5.10 Å². The zero-order valence-corrected chi connectivity index (χ0v) is 12.6. The summed E-state index contributed by atoms with van der Waals surface area (Å²) in [7, 11) is 0. The molecule has 1 fully saturated rings. The van der Waals surface area contributed by atoms with E-state index < -0.39 is 0 Å². The lowest BCUT2D eigenvalue weighted by molar-refractivity contribution is 0.0942. The van der Waals surface area contributed by atoms with Crippen LogP contribution < -0.4 is 5.32 Å². The van der Waals surface area contributed by atoms with Gasteiger partial charge in [0.1, 0.15) is 5.69 Å². The van der Waals surface area contributed by atoms with Gasteiger partial charge in [0.25, 0.3) is 5.91 Å². The van der Waals surface area contributed by atoms with E-state index in [0.717, 1.165) is 19.6 Å². The van der Waals surface area contributed by atoms with Crippen LogP contribution in [-0.2, 0) is 0 Å². The van der Waals surface area contributed by atoms with Gasteiger partial charge in [-0.05, 0) is 32.0 Å². The summed E-state index contributed by atoms with van der Waals surface area (Å²) in [6.45, 7) is 7.87. The van der Waals surface area contributed by atoms with Crippen molar-refractivity contribution in [1.82, 2.24) is 20.0 Å². The van der Waals surface area contributed by atoms with Crippen molar-refractivity contribution in [3.8, 4) is 0 Å². The normalized spacial score (nSPS) is 15.9. The average Bonchev–Trinajstić information content (AvgIpc) is 3.13. The molecule has 0 bridgehead atoms. The number of hydrogen-bond donors (Lipinski definition) is 1. The van der Waals surface area contributed by atoms with Crippen LogP contribution in [0.15, 0.2) is 12.3 Å². The molecule has 0 aliphatic heterocycles. The summed E-state index contributed by atoms with van der Waals surface area (Å²) in [6, 6.07) is 2.32. The minimum absolute atomic E-state index is 0.0612. The van der Waals surface area contributed by atoms with Crippen LogP contribution in [0.1, 0.15) is 56.1 Å². The van der Waals surface area contributed by atoms with Crippen LogP contribution in [0.4, 0.5) is 0 Å². The monoisotopic (exact) mass is 278 g/mol. The first-order chi connectivity index (χ1) is 9.74. The van der Waals surface area contributed by atoms with Crippen molar-refractivity contribution in [2.75, 3.05) is 26.2 Å². The Morgan fingerprint density at radius 2 is 2.10 bits per heavy atom. The Balaban J connectivity index is 1.80. The van der Waals surface area contributed by atoms with Crippen molar-refractivity contribution in [2.24, 2.45) is 0 Å². The lowest BCUT2D eigenvalue weighted by Gasteiger charge is -2.17. The van der Waals surface area contributed by atoms with E-state index in [2.05, 4.69) is 29.2 Å². The number of hydrogen-bond acceptors (Lipinski definition) is 3. The van der Waals surface area contributed by atoms with Crippen LogP contribution in [-0.4, -0.2) is 46.8 Å². The lowest BCUT2D eigenvalue weighted by atomic mass is 10.3. The molecule has 1 heterocycles. The molecule has 0 atom stereocenters. The predicted octanol–water partition coefficient (Wildman–Crippen LogP) is 2.07. The van der Waals surface area contributed by atoms with Crippen LogP contribution in [0.25, 0.3) is 0 Å². The molecule has 0 radical (unpaired) electrons. The predicted molar refractivity (Wildman–Crippen MR) is 79.9 cm³/mol. The van der Waals surface area contributed by atoms with Gasteiger partial charge in [-0.1, -0.05) is 26.7 Å². The zero-order valence-electron chi connectivity index (χ0n) is 12.6. The smallest absolute Gasteiger partial charge is 0.271 e. The molecule has 0 aromatic carbocycles. The van der Waals surface area contributed by atoms with Gasteiger partial charge in [-0.15, -0.1) is 0 Å². The fourth-order valence-corrected chi connectivity index (χ4v) is 2.79.